The molecule has 0 aliphatic carbocycles. The third-order valence-corrected chi connectivity index (χ3v) is 4.50. The van der Waals surface area contributed by atoms with Crippen molar-refractivity contribution in [2.75, 3.05) is 14.2 Å². The number of aromatic hydroxyl groups is 1. The largest absolute Gasteiger partial charge is 0.507 e. The van der Waals surface area contributed by atoms with Gasteiger partial charge >= 0.3 is 0 Å². The van der Waals surface area contributed by atoms with E-state index in [2.05, 4.69) is 47.6 Å². The van der Waals surface area contributed by atoms with Gasteiger partial charge in [-0.15, -0.1) is 0 Å². The zero-order chi connectivity index (χ0) is 19.0. The number of phenolic OH excluding ortho intramolecular Hbond substituents is 1. The molecule has 136 valence electrons. The van der Waals surface area contributed by atoms with Crippen LogP contribution in [-0.4, -0.2) is 19.3 Å². The van der Waals surface area contributed by atoms with Crippen LogP contribution in [-0.2, 0) is 10.8 Å². The summed E-state index contributed by atoms with van der Waals surface area (Å²) < 4.78 is 11.2. The molecular formula is C22H30O3. The number of rotatable bonds is 3. The van der Waals surface area contributed by atoms with Crippen molar-refractivity contribution in [1.29, 1.82) is 0 Å². The Morgan fingerprint density at radius 1 is 0.720 bits per heavy atom. The zero-order valence-corrected chi connectivity index (χ0v) is 16.7. The van der Waals surface area contributed by atoms with Gasteiger partial charge in [0.2, 0.25) is 0 Å². The fraction of sp³-hybridized carbons (Fsp3) is 0.455. The highest BCUT2D eigenvalue weighted by molar-refractivity contribution is 5.82. The van der Waals surface area contributed by atoms with E-state index < -0.39 is 0 Å². The molecule has 0 amide bonds. The van der Waals surface area contributed by atoms with E-state index in [4.69, 9.17) is 9.47 Å². The third kappa shape index (κ3) is 3.92. The highest BCUT2D eigenvalue weighted by Gasteiger charge is 2.23. The predicted octanol–water partition coefficient (Wildman–Crippen LogP) is 5.67. The summed E-state index contributed by atoms with van der Waals surface area (Å²) in [4.78, 5) is 0. The number of phenols is 1. The van der Waals surface area contributed by atoms with Crippen LogP contribution in [0.1, 0.15) is 52.7 Å². The summed E-state index contributed by atoms with van der Waals surface area (Å²) in [5.41, 5.74) is 3.63. The van der Waals surface area contributed by atoms with Crippen LogP contribution in [0, 0.1) is 0 Å². The SMILES string of the molecule is COc1cc(C(C)(C)C)ccc1-c1c(O)cc(C(C)(C)C)cc1OC. The normalized spacial score (nSPS) is 12.2. The van der Waals surface area contributed by atoms with E-state index in [0.29, 0.717) is 11.3 Å². The second-order valence-electron chi connectivity index (χ2n) is 8.49. The molecule has 0 unspecified atom stereocenters. The van der Waals surface area contributed by atoms with Gasteiger partial charge in [0.05, 0.1) is 19.8 Å². The first kappa shape index (κ1) is 19.2. The Hall–Kier alpha value is -2.16. The maximum absolute atomic E-state index is 10.7. The second kappa shape index (κ2) is 6.62. The minimum absolute atomic E-state index is 0.0219. The Morgan fingerprint density at radius 2 is 1.24 bits per heavy atom. The lowest BCUT2D eigenvalue weighted by molar-refractivity contribution is 0.402. The Kier molecular flexibility index (Phi) is 5.08. The smallest absolute Gasteiger partial charge is 0.130 e. The molecule has 0 atom stereocenters. The average Bonchev–Trinajstić information content (AvgIpc) is 2.51. The highest BCUT2D eigenvalue weighted by atomic mass is 16.5. The van der Waals surface area contributed by atoms with Crippen molar-refractivity contribution in [2.45, 2.75) is 52.4 Å². The van der Waals surface area contributed by atoms with Crippen molar-refractivity contribution in [3.05, 3.63) is 41.5 Å². The van der Waals surface area contributed by atoms with Crippen molar-refractivity contribution < 1.29 is 14.6 Å². The molecule has 0 fully saturated rings. The van der Waals surface area contributed by atoms with E-state index >= 15 is 0 Å². The highest BCUT2D eigenvalue weighted by Crippen LogP contribution is 2.45. The fourth-order valence-corrected chi connectivity index (χ4v) is 2.83. The van der Waals surface area contributed by atoms with E-state index in [1.54, 1.807) is 14.2 Å². The maximum Gasteiger partial charge on any atom is 0.130 e. The Bertz CT molecular complexity index is 762. The summed E-state index contributed by atoms with van der Waals surface area (Å²) in [5.74, 6) is 1.57. The molecule has 0 saturated heterocycles. The lowest BCUT2D eigenvalue weighted by Crippen LogP contribution is -2.12. The first-order valence-corrected chi connectivity index (χ1v) is 8.59. The predicted molar refractivity (Wildman–Crippen MR) is 104 cm³/mol. The average molecular weight is 342 g/mol. The molecule has 0 aliphatic rings. The van der Waals surface area contributed by atoms with Gasteiger partial charge in [-0.2, -0.15) is 0 Å². The number of hydrogen-bond donors (Lipinski definition) is 1. The lowest BCUT2D eigenvalue weighted by Gasteiger charge is -2.24. The van der Waals surface area contributed by atoms with Gasteiger partial charge in [-0.05, 0) is 40.2 Å². The van der Waals surface area contributed by atoms with Crippen molar-refractivity contribution in [3.8, 4) is 28.4 Å². The Balaban J connectivity index is 2.70. The maximum atomic E-state index is 10.7. The summed E-state index contributed by atoms with van der Waals surface area (Å²) in [7, 11) is 3.28. The van der Waals surface area contributed by atoms with Gasteiger partial charge < -0.3 is 14.6 Å². The van der Waals surface area contributed by atoms with Crippen molar-refractivity contribution in [2.24, 2.45) is 0 Å². The van der Waals surface area contributed by atoms with Crippen LogP contribution < -0.4 is 9.47 Å². The Morgan fingerprint density at radius 3 is 1.72 bits per heavy atom. The molecule has 0 bridgehead atoms. The first-order valence-electron chi connectivity index (χ1n) is 8.59. The van der Waals surface area contributed by atoms with Crippen molar-refractivity contribution >= 4 is 0 Å². The Labute approximate surface area is 151 Å². The van der Waals surface area contributed by atoms with Gasteiger partial charge in [0.25, 0.3) is 0 Å². The number of hydrogen-bond acceptors (Lipinski definition) is 3. The molecule has 0 aromatic heterocycles. The van der Waals surface area contributed by atoms with Crippen LogP contribution in [0.15, 0.2) is 30.3 Å². The molecule has 25 heavy (non-hydrogen) atoms. The number of methoxy groups -OCH3 is 2. The van der Waals surface area contributed by atoms with E-state index in [1.165, 1.54) is 5.56 Å². The molecule has 2 rings (SSSR count). The molecule has 0 saturated carbocycles. The summed E-state index contributed by atoms with van der Waals surface area (Å²) in [6, 6.07) is 9.91. The van der Waals surface area contributed by atoms with E-state index in [0.717, 1.165) is 16.9 Å². The van der Waals surface area contributed by atoms with Crippen LogP contribution in [0.5, 0.6) is 17.2 Å². The van der Waals surface area contributed by atoms with Gasteiger partial charge in [0, 0.05) is 5.56 Å². The molecule has 3 nitrogen and oxygen atoms in total. The first-order chi connectivity index (χ1) is 11.5. The van der Waals surface area contributed by atoms with Crippen molar-refractivity contribution in [1.82, 2.24) is 0 Å². The third-order valence-electron chi connectivity index (χ3n) is 4.50. The molecule has 0 aliphatic heterocycles. The number of ether oxygens (including phenoxy) is 2. The van der Waals surface area contributed by atoms with Crippen LogP contribution >= 0.6 is 0 Å². The van der Waals surface area contributed by atoms with Gasteiger partial charge in [-0.25, -0.2) is 0 Å². The molecule has 0 spiro atoms. The molecule has 1 N–H and O–H groups in total. The van der Waals surface area contributed by atoms with E-state index in [9.17, 15) is 5.11 Å². The van der Waals surface area contributed by atoms with Crippen LogP contribution in [0.25, 0.3) is 11.1 Å². The van der Waals surface area contributed by atoms with Gasteiger partial charge in [0.1, 0.15) is 17.2 Å². The topological polar surface area (TPSA) is 38.7 Å². The van der Waals surface area contributed by atoms with E-state index in [1.807, 2.05) is 24.3 Å². The van der Waals surface area contributed by atoms with Crippen LogP contribution in [0.4, 0.5) is 0 Å². The van der Waals surface area contributed by atoms with Gasteiger partial charge in [-0.3, -0.25) is 0 Å². The quantitative estimate of drug-likeness (QED) is 0.781. The van der Waals surface area contributed by atoms with Gasteiger partial charge in [0.15, 0.2) is 0 Å². The number of benzene rings is 2. The van der Waals surface area contributed by atoms with Gasteiger partial charge in [-0.1, -0.05) is 53.7 Å². The summed E-state index contributed by atoms with van der Waals surface area (Å²) in [5, 5.41) is 10.7. The molecule has 2 aromatic carbocycles. The molecule has 2 aromatic rings. The molecule has 0 heterocycles. The molecule has 3 heteroatoms. The summed E-state index contributed by atoms with van der Waals surface area (Å²) in [6.45, 7) is 12.8. The fourth-order valence-electron chi connectivity index (χ4n) is 2.83. The molecular weight excluding hydrogens is 312 g/mol. The minimum atomic E-state index is -0.0799. The second-order valence-corrected chi connectivity index (χ2v) is 8.49. The zero-order valence-electron chi connectivity index (χ0n) is 16.7. The van der Waals surface area contributed by atoms with E-state index in [-0.39, 0.29) is 16.6 Å². The standard InChI is InChI=1S/C22H30O3/c1-21(2,3)14-9-10-16(18(12-14)24-7)20-17(23)11-15(22(4,5)6)13-19(20)25-8/h9-13,23H,1-8H3. The summed E-state index contributed by atoms with van der Waals surface area (Å²) in [6.07, 6.45) is 0. The summed E-state index contributed by atoms with van der Waals surface area (Å²) >= 11 is 0. The van der Waals surface area contributed by atoms with Crippen LogP contribution in [0.3, 0.4) is 0 Å². The lowest BCUT2D eigenvalue weighted by atomic mass is 9.84. The minimum Gasteiger partial charge on any atom is -0.507 e. The molecule has 0 radical (unpaired) electrons. The van der Waals surface area contributed by atoms with Crippen LogP contribution in [0.2, 0.25) is 0 Å². The monoisotopic (exact) mass is 342 g/mol. The van der Waals surface area contributed by atoms with Crippen molar-refractivity contribution in [3.63, 3.8) is 0 Å².